The van der Waals surface area contributed by atoms with Crippen LogP contribution in [0.25, 0.3) is 0 Å². The van der Waals surface area contributed by atoms with Crippen LogP contribution in [0.3, 0.4) is 0 Å². The van der Waals surface area contributed by atoms with Gasteiger partial charge in [-0.1, -0.05) is 6.07 Å². The van der Waals surface area contributed by atoms with E-state index in [0.29, 0.717) is 48.8 Å². The number of hydrogen-bond donors (Lipinski definition) is 8. The van der Waals surface area contributed by atoms with Crippen molar-refractivity contribution in [2.24, 2.45) is 17.4 Å². The molecule has 3 heterocycles. The smallest absolute Gasteiger partial charge is 0.350 e. The second-order valence-corrected chi connectivity index (χ2v) is 11.6. The van der Waals surface area contributed by atoms with E-state index in [4.69, 9.17) is 27.0 Å². The molecule has 14 heteroatoms. The van der Waals surface area contributed by atoms with E-state index in [9.17, 15) is 9.59 Å². The van der Waals surface area contributed by atoms with Crippen LogP contribution in [0.15, 0.2) is 29.2 Å². The number of amides is 1. The molecule has 1 saturated heterocycles. The summed E-state index contributed by atoms with van der Waals surface area (Å²) in [5.41, 5.74) is 12.3. The molecular formula is C29H43N11O3. The summed E-state index contributed by atoms with van der Waals surface area (Å²) in [6, 6.07) is 6.19. The zero-order valence-corrected chi connectivity index (χ0v) is 24.5. The minimum absolute atomic E-state index is 0.00494. The molecule has 0 bridgehead atoms. The van der Waals surface area contributed by atoms with Crippen LogP contribution in [-0.4, -0.2) is 71.5 Å². The molecule has 1 aliphatic carbocycles. The highest BCUT2D eigenvalue weighted by Crippen LogP contribution is 2.43. The quantitative estimate of drug-likeness (QED) is 0.0963. The van der Waals surface area contributed by atoms with Gasteiger partial charge in [0.1, 0.15) is 0 Å². The Morgan fingerprint density at radius 3 is 2.49 bits per heavy atom. The lowest BCUT2D eigenvalue weighted by Gasteiger charge is -2.33. The van der Waals surface area contributed by atoms with Crippen LogP contribution in [0.1, 0.15) is 62.5 Å². The lowest BCUT2D eigenvalue weighted by atomic mass is 9.86. The molecule has 43 heavy (non-hydrogen) atoms. The number of guanidine groups is 2. The SMILES string of the molecule is N=C(N)NCCCNCC1CCC(n2cc3c(nc2=O)Nc2cc(C4CCN(C(=O)CNC(=N)N)CC4)ccc2O3)CC1. The summed E-state index contributed by atoms with van der Waals surface area (Å²) < 4.78 is 7.95. The third-order valence-electron chi connectivity index (χ3n) is 8.63. The number of aromatic nitrogens is 2. The highest BCUT2D eigenvalue weighted by molar-refractivity contribution is 5.84. The largest absolute Gasteiger partial charge is 0.450 e. The molecule has 1 amide bonds. The predicted molar refractivity (Wildman–Crippen MR) is 165 cm³/mol. The van der Waals surface area contributed by atoms with Crippen LogP contribution in [0, 0.1) is 16.7 Å². The standard InChI is InChI=1S/C29H43N11O3/c30-27(31)35-11-1-10-34-15-18-2-5-21(6-3-18)40-17-24-26(38-29(40)42)37-22-14-20(4-7-23(22)43-24)19-8-12-39(13-9-19)25(41)16-36-28(32)33/h4,7,14,17-19,21,34H,1-3,5-6,8-13,15-16H2,(H4,30,31,35)(H4,32,33,36)(H,37,38,42). The van der Waals surface area contributed by atoms with Gasteiger partial charge in [0, 0.05) is 25.7 Å². The van der Waals surface area contributed by atoms with E-state index in [-0.39, 0.29) is 36.1 Å². The molecule has 0 spiro atoms. The third-order valence-corrected chi connectivity index (χ3v) is 8.63. The van der Waals surface area contributed by atoms with E-state index in [1.807, 2.05) is 6.07 Å². The highest BCUT2D eigenvalue weighted by atomic mass is 16.5. The van der Waals surface area contributed by atoms with Gasteiger partial charge in [-0.15, -0.1) is 0 Å². The first-order chi connectivity index (χ1) is 20.8. The number of carbonyl (C=O) groups excluding carboxylic acids is 1. The van der Waals surface area contributed by atoms with E-state index < -0.39 is 0 Å². The lowest BCUT2D eigenvalue weighted by Crippen LogP contribution is -2.45. The molecule has 2 fully saturated rings. The molecule has 2 aliphatic heterocycles. The maximum Gasteiger partial charge on any atom is 0.350 e. The Bertz CT molecular complexity index is 1380. The molecule has 232 valence electrons. The monoisotopic (exact) mass is 593 g/mol. The number of nitrogens with zero attached hydrogens (tertiary/aromatic N) is 3. The highest BCUT2D eigenvalue weighted by Gasteiger charge is 2.28. The Morgan fingerprint density at radius 2 is 1.77 bits per heavy atom. The average molecular weight is 594 g/mol. The van der Waals surface area contributed by atoms with Crippen molar-refractivity contribution in [1.82, 2.24) is 30.4 Å². The molecule has 3 aliphatic rings. The number of carbonyl (C=O) groups is 1. The van der Waals surface area contributed by atoms with Crippen LogP contribution in [0.4, 0.5) is 11.5 Å². The molecule has 0 unspecified atom stereocenters. The van der Waals surface area contributed by atoms with Gasteiger partial charge in [0.25, 0.3) is 0 Å². The summed E-state index contributed by atoms with van der Waals surface area (Å²) in [5, 5.41) is 26.6. The van der Waals surface area contributed by atoms with Crippen molar-refractivity contribution in [2.75, 3.05) is 44.6 Å². The normalized spacial score (nSPS) is 19.8. The van der Waals surface area contributed by atoms with Crippen LogP contribution < -0.4 is 43.2 Å². The molecular weight excluding hydrogens is 550 g/mol. The number of ether oxygens (including phenoxy) is 1. The number of anilines is 2. The first-order valence-corrected chi connectivity index (χ1v) is 15.1. The van der Waals surface area contributed by atoms with Crippen molar-refractivity contribution in [2.45, 2.75) is 56.9 Å². The van der Waals surface area contributed by atoms with Gasteiger partial charge in [0.05, 0.1) is 18.4 Å². The first kappa shape index (κ1) is 30.1. The number of piperidine rings is 1. The number of likely N-dealkylation sites (tertiary alicyclic amines) is 1. The van der Waals surface area contributed by atoms with Gasteiger partial charge in [0.2, 0.25) is 5.91 Å². The molecule has 14 nitrogen and oxygen atoms in total. The maximum absolute atomic E-state index is 13.0. The van der Waals surface area contributed by atoms with Crippen LogP contribution in [0.5, 0.6) is 11.5 Å². The van der Waals surface area contributed by atoms with E-state index in [0.717, 1.165) is 69.3 Å². The molecule has 0 radical (unpaired) electrons. The van der Waals surface area contributed by atoms with Gasteiger partial charge in [-0.3, -0.25) is 20.2 Å². The van der Waals surface area contributed by atoms with E-state index in [1.165, 1.54) is 0 Å². The number of rotatable bonds is 10. The molecule has 1 aromatic carbocycles. The van der Waals surface area contributed by atoms with E-state index >= 15 is 0 Å². The van der Waals surface area contributed by atoms with Gasteiger partial charge in [-0.25, -0.2) is 4.79 Å². The average Bonchev–Trinajstić information content (AvgIpc) is 3.00. The summed E-state index contributed by atoms with van der Waals surface area (Å²) in [4.78, 5) is 31.5. The molecule has 10 N–H and O–H groups in total. The second-order valence-electron chi connectivity index (χ2n) is 11.6. The van der Waals surface area contributed by atoms with E-state index in [1.54, 1.807) is 15.7 Å². The fraction of sp³-hybridized carbons (Fsp3) is 0.552. The summed E-state index contributed by atoms with van der Waals surface area (Å²) in [6.45, 7) is 3.85. The third kappa shape index (κ3) is 7.74. The molecule has 1 aromatic heterocycles. The Kier molecular flexibility index (Phi) is 9.65. The topological polar surface area (TPSA) is 212 Å². The van der Waals surface area contributed by atoms with Gasteiger partial charge in [-0.2, -0.15) is 4.98 Å². The number of nitrogens with two attached hydrogens (primary N) is 2. The Morgan fingerprint density at radius 1 is 1.02 bits per heavy atom. The number of nitrogens with one attached hydrogen (secondary N) is 6. The van der Waals surface area contributed by atoms with Crippen molar-refractivity contribution in [3.63, 3.8) is 0 Å². The van der Waals surface area contributed by atoms with Crippen LogP contribution in [-0.2, 0) is 4.79 Å². The Balaban J connectivity index is 1.13. The maximum atomic E-state index is 13.0. The van der Waals surface area contributed by atoms with Crippen LogP contribution >= 0.6 is 0 Å². The molecule has 1 saturated carbocycles. The fourth-order valence-corrected chi connectivity index (χ4v) is 6.23. The minimum atomic E-state index is -0.273. The molecule has 5 rings (SSSR count). The van der Waals surface area contributed by atoms with Gasteiger partial charge in [-0.05, 0) is 87.6 Å². The minimum Gasteiger partial charge on any atom is -0.450 e. The predicted octanol–water partition coefficient (Wildman–Crippen LogP) is 1.48. The molecule has 2 aromatic rings. The Labute approximate surface area is 251 Å². The summed E-state index contributed by atoms with van der Waals surface area (Å²) in [5.74, 6) is 2.29. The first-order valence-electron chi connectivity index (χ1n) is 15.1. The number of fused-ring (bicyclic) bond motifs is 2. The van der Waals surface area contributed by atoms with Crippen LogP contribution in [0.2, 0.25) is 0 Å². The lowest BCUT2D eigenvalue weighted by molar-refractivity contribution is -0.131. The summed E-state index contributed by atoms with van der Waals surface area (Å²) >= 11 is 0. The zero-order chi connectivity index (χ0) is 30.3. The fourth-order valence-electron chi connectivity index (χ4n) is 6.23. The van der Waals surface area contributed by atoms with Crippen molar-refractivity contribution < 1.29 is 9.53 Å². The molecule has 0 atom stereocenters. The van der Waals surface area contributed by atoms with Gasteiger partial charge in [0.15, 0.2) is 29.2 Å². The van der Waals surface area contributed by atoms with Gasteiger partial charge < -0.3 is 42.4 Å². The van der Waals surface area contributed by atoms with Crippen molar-refractivity contribution in [3.05, 3.63) is 40.4 Å². The van der Waals surface area contributed by atoms with Crippen molar-refractivity contribution in [3.8, 4) is 11.5 Å². The number of hydrogen-bond acceptors (Lipinski definition) is 8. The summed E-state index contributed by atoms with van der Waals surface area (Å²) in [6.07, 6.45) is 8.30. The second kappa shape index (κ2) is 13.8. The Hall–Kier alpha value is -4.33. The zero-order valence-electron chi connectivity index (χ0n) is 24.5. The van der Waals surface area contributed by atoms with Crippen molar-refractivity contribution in [1.29, 1.82) is 10.8 Å². The summed E-state index contributed by atoms with van der Waals surface area (Å²) in [7, 11) is 0. The van der Waals surface area contributed by atoms with E-state index in [2.05, 4.69) is 38.4 Å². The number of benzene rings is 1. The van der Waals surface area contributed by atoms with Gasteiger partial charge >= 0.3 is 5.69 Å². The van der Waals surface area contributed by atoms with Crippen molar-refractivity contribution >= 4 is 29.3 Å².